The smallest absolute Gasteiger partial charge is 0.265 e. The fourth-order valence-electron chi connectivity index (χ4n) is 2.56. The van der Waals surface area contributed by atoms with E-state index in [9.17, 15) is 0 Å². The van der Waals surface area contributed by atoms with Crippen LogP contribution in [0.25, 0.3) is 0 Å². The maximum atomic E-state index is 5.28. The summed E-state index contributed by atoms with van der Waals surface area (Å²) >= 11 is 0. The fraction of sp³-hybridized carbons (Fsp3) is 0.833. The normalized spacial score (nSPS) is 18.5. The van der Waals surface area contributed by atoms with Gasteiger partial charge in [0.05, 0.1) is 0 Å². The molecule has 17 heavy (non-hydrogen) atoms. The summed E-state index contributed by atoms with van der Waals surface area (Å²) in [6.45, 7) is 0. The Hall–Kier alpha value is -1.10. The Morgan fingerprint density at radius 2 is 2.12 bits per heavy atom. The third-order valence-electron chi connectivity index (χ3n) is 3.59. The zero-order chi connectivity index (χ0) is 12.3. The molecule has 1 heterocycles. The average Bonchev–Trinajstić information content (AvgIpc) is 2.96. The van der Waals surface area contributed by atoms with Crippen LogP contribution in [0.1, 0.15) is 31.6 Å². The Morgan fingerprint density at radius 3 is 2.65 bits per heavy atom. The molecule has 1 saturated carbocycles. The molecule has 2 rings (SSSR count). The number of hydrogen-bond acceptors (Lipinski definition) is 5. The molecule has 5 nitrogen and oxygen atoms in total. The molecule has 1 unspecified atom stereocenters. The van der Waals surface area contributed by atoms with E-state index >= 15 is 0 Å². The summed E-state index contributed by atoms with van der Waals surface area (Å²) in [6.07, 6.45) is 6.19. The highest BCUT2D eigenvalue weighted by molar-refractivity contribution is 5.23. The van der Waals surface area contributed by atoms with Crippen LogP contribution in [0.3, 0.4) is 0 Å². The topological polar surface area (TPSA) is 54.2 Å². The molecule has 1 aromatic rings. The van der Waals surface area contributed by atoms with Crippen LogP contribution in [-0.4, -0.2) is 37.3 Å². The number of rotatable bonds is 5. The van der Waals surface area contributed by atoms with Crippen molar-refractivity contribution >= 4 is 5.95 Å². The van der Waals surface area contributed by atoms with Crippen molar-refractivity contribution in [3.8, 4) is 0 Å². The third kappa shape index (κ3) is 2.97. The minimum Gasteiger partial charge on any atom is -0.344 e. The maximum absolute atomic E-state index is 5.28. The minimum absolute atomic E-state index is 0.466. The van der Waals surface area contributed by atoms with Gasteiger partial charge in [0.2, 0.25) is 5.89 Å². The van der Waals surface area contributed by atoms with E-state index < -0.39 is 0 Å². The van der Waals surface area contributed by atoms with Crippen molar-refractivity contribution in [2.45, 2.75) is 38.1 Å². The number of nitrogens with zero attached hydrogens (tertiary/aromatic N) is 3. The zero-order valence-electron chi connectivity index (χ0n) is 10.9. The van der Waals surface area contributed by atoms with Gasteiger partial charge in [0, 0.05) is 26.6 Å². The second-order valence-electron chi connectivity index (χ2n) is 5.03. The van der Waals surface area contributed by atoms with E-state index in [4.69, 9.17) is 4.52 Å². The molecule has 0 aromatic carbocycles. The average molecular weight is 238 g/mol. The molecule has 96 valence electrons. The first kappa shape index (κ1) is 12.4. The van der Waals surface area contributed by atoms with Gasteiger partial charge in [0.1, 0.15) is 0 Å². The molecule has 1 aliphatic carbocycles. The molecule has 1 N–H and O–H groups in total. The molecular weight excluding hydrogens is 216 g/mol. The lowest BCUT2D eigenvalue weighted by molar-refractivity contribution is 0.318. The SMILES string of the molecule is CNC(Cc1nc(N(C)C)no1)C1CCCC1. The summed E-state index contributed by atoms with van der Waals surface area (Å²) in [5.41, 5.74) is 0. The molecule has 1 atom stereocenters. The van der Waals surface area contributed by atoms with Gasteiger partial charge in [0.15, 0.2) is 0 Å². The van der Waals surface area contributed by atoms with E-state index in [-0.39, 0.29) is 0 Å². The number of likely N-dealkylation sites (N-methyl/N-ethyl adjacent to an activating group) is 1. The highest BCUT2D eigenvalue weighted by Gasteiger charge is 2.25. The lowest BCUT2D eigenvalue weighted by Crippen LogP contribution is -2.34. The number of nitrogens with one attached hydrogen (secondary N) is 1. The Morgan fingerprint density at radius 1 is 1.41 bits per heavy atom. The summed E-state index contributed by atoms with van der Waals surface area (Å²) in [5, 5.41) is 7.33. The largest absolute Gasteiger partial charge is 0.344 e. The van der Waals surface area contributed by atoms with Crippen molar-refractivity contribution < 1.29 is 4.52 Å². The molecule has 0 radical (unpaired) electrons. The molecule has 1 aromatic heterocycles. The maximum Gasteiger partial charge on any atom is 0.265 e. The van der Waals surface area contributed by atoms with E-state index in [1.165, 1.54) is 25.7 Å². The van der Waals surface area contributed by atoms with Gasteiger partial charge in [-0.2, -0.15) is 4.98 Å². The van der Waals surface area contributed by atoms with Crippen LogP contribution in [0.15, 0.2) is 4.52 Å². The minimum atomic E-state index is 0.466. The molecule has 0 aliphatic heterocycles. The number of anilines is 1. The molecule has 0 spiro atoms. The summed E-state index contributed by atoms with van der Waals surface area (Å²) < 4.78 is 5.28. The van der Waals surface area contributed by atoms with Crippen molar-refractivity contribution in [2.75, 3.05) is 26.0 Å². The lowest BCUT2D eigenvalue weighted by Gasteiger charge is -2.20. The van der Waals surface area contributed by atoms with Crippen molar-refractivity contribution in [2.24, 2.45) is 5.92 Å². The quantitative estimate of drug-likeness (QED) is 0.841. The van der Waals surface area contributed by atoms with Crippen molar-refractivity contribution in [1.82, 2.24) is 15.5 Å². The monoisotopic (exact) mass is 238 g/mol. The first-order valence-electron chi connectivity index (χ1n) is 6.38. The predicted octanol–water partition coefficient (Wildman–Crippen LogP) is 1.46. The predicted molar refractivity (Wildman–Crippen MR) is 67.1 cm³/mol. The second-order valence-corrected chi connectivity index (χ2v) is 5.03. The van der Waals surface area contributed by atoms with Crippen molar-refractivity contribution in [3.05, 3.63) is 5.89 Å². The van der Waals surface area contributed by atoms with Gasteiger partial charge in [-0.1, -0.05) is 12.8 Å². The van der Waals surface area contributed by atoms with E-state index in [1.54, 1.807) is 0 Å². The van der Waals surface area contributed by atoms with Crippen LogP contribution < -0.4 is 10.2 Å². The van der Waals surface area contributed by atoms with Crippen LogP contribution in [0.2, 0.25) is 0 Å². The molecule has 1 fully saturated rings. The van der Waals surface area contributed by atoms with E-state index in [1.807, 2.05) is 26.0 Å². The highest BCUT2D eigenvalue weighted by Crippen LogP contribution is 2.29. The van der Waals surface area contributed by atoms with Gasteiger partial charge < -0.3 is 14.7 Å². The summed E-state index contributed by atoms with van der Waals surface area (Å²) in [4.78, 5) is 6.24. The third-order valence-corrected chi connectivity index (χ3v) is 3.59. The van der Waals surface area contributed by atoms with Crippen LogP contribution in [0.5, 0.6) is 0 Å². The van der Waals surface area contributed by atoms with Crippen molar-refractivity contribution in [1.29, 1.82) is 0 Å². The van der Waals surface area contributed by atoms with E-state index in [0.29, 0.717) is 12.0 Å². The van der Waals surface area contributed by atoms with Crippen LogP contribution >= 0.6 is 0 Å². The van der Waals surface area contributed by atoms with Gasteiger partial charge in [-0.15, -0.1) is 0 Å². The summed E-state index contributed by atoms with van der Waals surface area (Å²) in [7, 11) is 5.86. The molecule has 1 aliphatic rings. The first-order valence-corrected chi connectivity index (χ1v) is 6.38. The van der Waals surface area contributed by atoms with Crippen LogP contribution in [0, 0.1) is 5.92 Å². The first-order chi connectivity index (χ1) is 8.20. The molecule has 0 bridgehead atoms. The van der Waals surface area contributed by atoms with Crippen molar-refractivity contribution in [3.63, 3.8) is 0 Å². The van der Waals surface area contributed by atoms with Crippen LogP contribution in [-0.2, 0) is 6.42 Å². The zero-order valence-corrected chi connectivity index (χ0v) is 10.9. The van der Waals surface area contributed by atoms with Gasteiger partial charge in [0.25, 0.3) is 5.95 Å². The number of hydrogen-bond donors (Lipinski definition) is 1. The van der Waals surface area contributed by atoms with E-state index in [2.05, 4.69) is 15.5 Å². The van der Waals surface area contributed by atoms with Gasteiger partial charge in [-0.25, -0.2) is 0 Å². The van der Waals surface area contributed by atoms with E-state index in [0.717, 1.165) is 18.2 Å². The number of aromatic nitrogens is 2. The lowest BCUT2D eigenvalue weighted by atomic mass is 9.95. The molecule has 5 heteroatoms. The van der Waals surface area contributed by atoms with Crippen LogP contribution in [0.4, 0.5) is 5.95 Å². The second kappa shape index (κ2) is 5.49. The Bertz CT molecular complexity index is 344. The standard InChI is InChI=1S/C12H22N4O/c1-13-10(9-6-4-5-7-9)8-11-14-12(15-17-11)16(2)3/h9-10,13H,4-8H2,1-3H3. The molecule has 0 saturated heterocycles. The summed E-state index contributed by atoms with van der Waals surface area (Å²) in [6, 6.07) is 0.466. The van der Waals surface area contributed by atoms with Gasteiger partial charge in [-0.05, 0) is 31.0 Å². The fourth-order valence-corrected chi connectivity index (χ4v) is 2.56. The van der Waals surface area contributed by atoms with Gasteiger partial charge in [-0.3, -0.25) is 0 Å². The Kier molecular flexibility index (Phi) is 3.99. The molecule has 0 amide bonds. The Balaban J connectivity index is 1.97. The molecular formula is C12H22N4O. The Labute approximate surface area is 103 Å². The summed E-state index contributed by atoms with van der Waals surface area (Å²) in [5.74, 6) is 2.15. The van der Waals surface area contributed by atoms with Gasteiger partial charge >= 0.3 is 0 Å². The highest BCUT2D eigenvalue weighted by atomic mass is 16.5.